The highest BCUT2D eigenvalue weighted by Crippen LogP contribution is 2.36. The van der Waals surface area contributed by atoms with Crippen LogP contribution < -0.4 is 15.1 Å². The van der Waals surface area contributed by atoms with Crippen LogP contribution in [0.2, 0.25) is 0 Å². The molecule has 2 fully saturated rings. The number of rotatable bonds is 7. The van der Waals surface area contributed by atoms with Gasteiger partial charge in [-0.3, -0.25) is 9.59 Å². The van der Waals surface area contributed by atoms with Gasteiger partial charge in [0, 0.05) is 44.8 Å². The highest BCUT2D eigenvalue weighted by molar-refractivity contribution is 6.03. The van der Waals surface area contributed by atoms with Crippen LogP contribution in [0.5, 0.6) is 5.75 Å². The van der Waals surface area contributed by atoms with E-state index in [1.54, 1.807) is 46.2 Å². The van der Waals surface area contributed by atoms with Crippen molar-refractivity contribution in [2.45, 2.75) is 31.4 Å². The number of benzene rings is 2. The van der Waals surface area contributed by atoms with Crippen molar-refractivity contribution in [3.05, 3.63) is 95.5 Å². The molecule has 4 aromatic rings. The smallest absolute Gasteiger partial charge is 0.437 e. The number of aromatic hydroxyl groups is 1. The Bertz CT molecular complexity index is 1660. The molecule has 2 aromatic heterocycles. The zero-order valence-corrected chi connectivity index (χ0v) is 24.9. The summed E-state index contributed by atoms with van der Waals surface area (Å²) in [5, 5.41) is 12.4. The van der Waals surface area contributed by atoms with Crippen LogP contribution >= 0.6 is 0 Å². The fourth-order valence-electron chi connectivity index (χ4n) is 5.87. The fourth-order valence-corrected chi connectivity index (χ4v) is 5.87. The van der Waals surface area contributed by atoms with E-state index in [9.17, 15) is 27.9 Å². The number of piperazine rings is 1. The average molecular weight is 635 g/mol. The largest absolute Gasteiger partial charge is 0.508 e. The molecule has 2 amide bonds. The molecule has 0 spiro atoms. The molecule has 10 nitrogen and oxygen atoms in total. The first-order valence-corrected chi connectivity index (χ1v) is 15.1. The van der Waals surface area contributed by atoms with Crippen molar-refractivity contribution in [1.29, 1.82) is 0 Å². The first-order chi connectivity index (χ1) is 22.2. The zero-order valence-electron chi connectivity index (χ0n) is 24.9. The van der Waals surface area contributed by atoms with Crippen LogP contribution in [0.25, 0.3) is 0 Å². The van der Waals surface area contributed by atoms with Gasteiger partial charge in [0.15, 0.2) is 5.69 Å². The summed E-state index contributed by atoms with van der Waals surface area (Å²) in [6.45, 7) is 2.86. The van der Waals surface area contributed by atoms with Gasteiger partial charge in [0.25, 0.3) is 11.9 Å². The molecule has 46 heavy (non-hydrogen) atoms. The van der Waals surface area contributed by atoms with E-state index in [0.29, 0.717) is 50.6 Å². The zero-order chi connectivity index (χ0) is 32.3. The summed E-state index contributed by atoms with van der Waals surface area (Å²) in [6.07, 6.45) is -1.98. The normalized spacial score (nSPS) is 16.0. The Kier molecular flexibility index (Phi) is 8.82. The number of halogens is 3. The number of nitrogens with one attached hydrogen (secondary N) is 1. The van der Waals surface area contributed by atoms with E-state index in [1.807, 2.05) is 35.2 Å². The monoisotopic (exact) mass is 634 g/mol. The molecule has 4 heterocycles. The maximum atomic E-state index is 13.9. The van der Waals surface area contributed by atoms with E-state index in [0.717, 1.165) is 12.8 Å². The van der Waals surface area contributed by atoms with Gasteiger partial charge in [-0.25, -0.2) is 4.98 Å². The maximum absolute atomic E-state index is 13.9. The Balaban J connectivity index is 1.06. The van der Waals surface area contributed by atoms with Crippen molar-refractivity contribution >= 4 is 29.3 Å². The Hall–Kier alpha value is -5.07. The summed E-state index contributed by atoms with van der Waals surface area (Å²) in [6, 6.07) is 19.7. The molecule has 0 unspecified atom stereocenters. The van der Waals surface area contributed by atoms with Crippen molar-refractivity contribution in [3.63, 3.8) is 0 Å². The lowest BCUT2D eigenvalue weighted by molar-refractivity contribution is -0.141. The minimum absolute atomic E-state index is 0.0855. The number of piperidine rings is 1. The number of carbonyl (C=O) groups excluding carboxylic acids is 2. The number of phenolic OH excluding ortho intramolecular Hbond substituents is 1. The van der Waals surface area contributed by atoms with Gasteiger partial charge in [-0.2, -0.15) is 18.2 Å². The van der Waals surface area contributed by atoms with Gasteiger partial charge >= 0.3 is 6.18 Å². The molecule has 2 aliphatic heterocycles. The van der Waals surface area contributed by atoms with E-state index < -0.39 is 23.5 Å². The van der Waals surface area contributed by atoms with Crippen LogP contribution in [-0.2, 0) is 17.4 Å². The Morgan fingerprint density at radius 1 is 0.891 bits per heavy atom. The quantitative estimate of drug-likeness (QED) is 0.281. The number of oxazole rings is 1. The van der Waals surface area contributed by atoms with Gasteiger partial charge in [-0.05, 0) is 42.5 Å². The van der Waals surface area contributed by atoms with Crippen molar-refractivity contribution in [2.75, 3.05) is 54.4 Å². The van der Waals surface area contributed by atoms with Crippen LogP contribution in [0.3, 0.4) is 0 Å². The van der Waals surface area contributed by atoms with Crippen LogP contribution in [0.1, 0.15) is 46.1 Å². The SMILES string of the molecule is O=C(Nc1ccc(N2CCN(C(=O)Cc3ccccc3O)CC2)nc1)c1oc(N2CCC(c3ccccc3)CC2)nc1C(F)(F)F. The molecule has 2 aromatic carbocycles. The molecule has 0 radical (unpaired) electrons. The van der Waals surface area contributed by atoms with Crippen molar-refractivity contribution < 1.29 is 32.3 Å². The molecule has 2 N–H and O–H groups in total. The Labute approximate surface area is 263 Å². The summed E-state index contributed by atoms with van der Waals surface area (Å²) >= 11 is 0. The first kappa shape index (κ1) is 30.9. The summed E-state index contributed by atoms with van der Waals surface area (Å²) < 4.78 is 47.2. The van der Waals surface area contributed by atoms with Crippen LogP contribution in [-0.4, -0.2) is 71.1 Å². The number of phenols is 1. The number of nitrogens with zero attached hydrogens (tertiary/aromatic N) is 5. The highest BCUT2D eigenvalue weighted by atomic mass is 19.4. The summed E-state index contributed by atoms with van der Waals surface area (Å²) in [4.78, 5) is 39.1. The predicted molar refractivity (Wildman–Crippen MR) is 165 cm³/mol. The molecule has 2 aliphatic rings. The number of hydrogen-bond acceptors (Lipinski definition) is 8. The fraction of sp³-hybridized carbons (Fsp3) is 0.333. The summed E-state index contributed by atoms with van der Waals surface area (Å²) in [5.41, 5.74) is 0.578. The minimum Gasteiger partial charge on any atom is -0.508 e. The Morgan fingerprint density at radius 3 is 2.24 bits per heavy atom. The molecule has 0 atom stereocenters. The number of para-hydroxylation sites is 1. The van der Waals surface area contributed by atoms with Gasteiger partial charge in [-0.15, -0.1) is 0 Å². The second-order valence-electron chi connectivity index (χ2n) is 11.4. The second-order valence-corrected chi connectivity index (χ2v) is 11.4. The minimum atomic E-state index is -4.89. The van der Waals surface area contributed by atoms with E-state index >= 15 is 0 Å². The van der Waals surface area contributed by atoms with Crippen LogP contribution in [0.4, 0.5) is 30.7 Å². The standard InChI is InChI=1S/C33H33F3N6O4/c34-33(35,36)30-29(46-32(39-30)42-14-12-23(13-15-42)22-6-2-1-3-7-22)31(45)38-25-10-11-27(37-21-25)40-16-18-41(19-17-40)28(44)20-24-8-4-5-9-26(24)43/h1-11,21,23,43H,12-20H2,(H,38,45). The second kappa shape index (κ2) is 13.1. The molecule has 0 bridgehead atoms. The number of alkyl halides is 3. The van der Waals surface area contributed by atoms with Crippen molar-refractivity contribution in [2.24, 2.45) is 0 Å². The third-order valence-corrected chi connectivity index (χ3v) is 8.42. The number of amides is 2. The molecule has 0 aliphatic carbocycles. The Morgan fingerprint density at radius 2 is 1.59 bits per heavy atom. The van der Waals surface area contributed by atoms with Crippen molar-refractivity contribution in [1.82, 2.24) is 14.9 Å². The van der Waals surface area contributed by atoms with Gasteiger partial charge < -0.3 is 29.5 Å². The molecular formula is C33H33F3N6O4. The molecule has 13 heteroatoms. The lowest BCUT2D eigenvalue weighted by Crippen LogP contribution is -2.49. The van der Waals surface area contributed by atoms with E-state index in [-0.39, 0.29) is 35.7 Å². The molecule has 2 saturated heterocycles. The number of anilines is 3. The average Bonchev–Trinajstić information content (AvgIpc) is 3.54. The topological polar surface area (TPSA) is 115 Å². The number of hydrogen-bond donors (Lipinski definition) is 2. The number of aromatic nitrogens is 2. The molecular weight excluding hydrogens is 601 g/mol. The van der Waals surface area contributed by atoms with Crippen LogP contribution in [0, 0.1) is 0 Å². The molecule has 240 valence electrons. The highest BCUT2D eigenvalue weighted by Gasteiger charge is 2.42. The number of carbonyl (C=O) groups is 2. The first-order valence-electron chi connectivity index (χ1n) is 15.1. The van der Waals surface area contributed by atoms with Crippen molar-refractivity contribution in [3.8, 4) is 5.75 Å². The van der Waals surface area contributed by atoms with Gasteiger partial charge in [0.1, 0.15) is 11.6 Å². The molecule has 0 saturated carbocycles. The predicted octanol–water partition coefficient (Wildman–Crippen LogP) is 5.32. The van der Waals surface area contributed by atoms with E-state index in [1.165, 1.54) is 11.8 Å². The van der Waals surface area contributed by atoms with Crippen LogP contribution in [0.15, 0.2) is 77.3 Å². The lowest BCUT2D eigenvalue weighted by Gasteiger charge is -2.35. The third kappa shape index (κ3) is 6.93. The van der Waals surface area contributed by atoms with Gasteiger partial charge in [0.05, 0.1) is 18.3 Å². The summed E-state index contributed by atoms with van der Waals surface area (Å²) in [7, 11) is 0. The van der Waals surface area contributed by atoms with E-state index in [2.05, 4.69) is 15.3 Å². The lowest BCUT2D eigenvalue weighted by atomic mass is 9.90. The maximum Gasteiger partial charge on any atom is 0.437 e. The van der Waals surface area contributed by atoms with Gasteiger partial charge in [-0.1, -0.05) is 48.5 Å². The third-order valence-electron chi connectivity index (χ3n) is 8.42. The van der Waals surface area contributed by atoms with Gasteiger partial charge in [0.2, 0.25) is 11.7 Å². The number of pyridine rings is 1. The summed E-state index contributed by atoms with van der Waals surface area (Å²) in [5.74, 6) is -1.09. The van der Waals surface area contributed by atoms with E-state index in [4.69, 9.17) is 4.42 Å². The molecule has 6 rings (SSSR count).